The first-order valence-corrected chi connectivity index (χ1v) is 6.45. The molecule has 0 saturated heterocycles. The molecular weight excluding hydrogens is 304 g/mol. The van der Waals surface area contributed by atoms with Gasteiger partial charge in [-0.15, -0.1) is 0 Å². The summed E-state index contributed by atoms with van der Waals surface area (Å²) in [4.78, 5) is 23.0. The Bertz CT molecular complexity index is 968. The Kier molecular flexibility index (Phi) is 3.38. The predicted octanol–water partition coefficient (Wildman–Crippen LogP) is 2.40. The van der Waals surface area contributed by atoms with Gasteiger partial charge in [-0.3, -0.25) is 4.79 Å². The molecule has 7 nitrogen and oxygen atoms in total. The van der Waals surface area contributed by atoms with E-state index in [1.165, 1.54) is 18.2 Å². The minimum atomic E-state index is -0.823. The molecule has 0 aliphatic heterocycles. The molecule has 0 amide bonds. The largest absolute Gasteiger partial charge is 0.519 e. The molecule has 0 bridgehead atoms. The number of allylic oxidation sites excluding steroid dienone is 1. The van der Waals surface area contributed by atoms with E-state index in [1.54, 1.807) is 6.07 Å². The van der Waals surface area contributed by atoms with E-state index in [9.17, 15) is 24.9 Å². The van der Waals surface area contributed by atoms with Crippen LogP contribution >= 0.6 is 0 Å². The standard InChI is InChI=1S/C16H10O7/c17-9-6-11(19)15(12(20)7-9)10(18)3-1-8-2-4-13-14(5-8)23-16(21)22-13/h1-7,17,19-20H/b3-1+. The van der Waals surface area contributed by atoms with Crippen molar-refractivity contribution >= 4 is 23.0 Å². The van der Waals surface area contributed by atoms with Gasteiger partial charge in [-0.2, -0.15) is 0 Å². The fourth-order valence-electron chi connectivity index (χ4n) is 2.10. The van der Waals surface area contributed by atoms with Crippen molar-refractivity contribution in [2.45, 2.75) is 0 Å². The van der Waals surface area contributed by atoms with Crippen molar-refractivity contribution in [1.29, 1.82) is 0 Å². The highest BCUT2D eigenvalue weighted by Gasteiger charge is 2.15. The molecule has 0 radical (unpaired) electrons. The highest BCUT2D eigenvalue weighted by molar-refractivity contribution is 6.10. The van der Waals surface area contributed by atoms with E-state index >= 15 is 0 Å². The van der Waals surface area contributed by atoms with Crippen molar-refractivity contribution in [2.75, 3.05) is 0 Å². The number of carbonyl (C=O) groups is 1. The van der Waals surface area contributed by atoms with Crippen LogP contribution in [0.5, 0.6) is 17.2 Å². The van der Waals surface area contributed by atoms with Gasteiger partial charge in [0.15, 0.2) is 16.9 Å². The quantitative estimate of drug-likeness (QED) is 0.501. The third kappa shape index (κ3) is 2.80. The van der Waals surface area contributed by atoms with Crippen molar-refractivity contribution in [1.82, 2.24) is 0 Å². The molecule has 23 heavy (non-hydrogen) atoms. The van der Waals surface area contributed by atoms with Crippen LogP contribution in [0.1, 0.15) is 15.9 Å². The van der Waals surface area contributed by atoms with Gasteiger partial charge in [0, 0.05) is 12.1 Å². The van der Waals surface area contributed by atoms with Gasteiger partial charge in [0.1, 0.15) is 22.8 Å². The fourth-order valence-corrected chi connectivity index (χ4v) is 2.10. The number of rotatable bonds is 3. The summed E-state index contributed by atoms with van der Waals surface area (Å²) >= 11 is 0. The second kappa shape index (κ2) is 5.38. The van der Waals surface area contributed by atoms with Gasteiger partial charge in [0.05, 0.1) is 0 Å². The number of ketones is 1. The molecule has 116 valence electrons. The Morgan fingerprint density at radius 2 is 1.61 bits per heavy atom. The van der Waals surface area contributed by atoms with Crippen LogP contribution in [0.25, 0.3) is 17.2 Å². The number of aromatic hydroxyl groups is 3. The number of carbonyl (C=O) groups excluding carboxylic acids is 1. The second-order valence-corrected chi connectivity index (χ2v) is 4.72. The van der Waals surface area contributed by atoms with Crippen molar-refractivity contribution in [3.05, 3.63) is 58.2 Å². The van der Waals surface area contributed by atoms with Crippen molar-refractivity contribution in [2.24, 2.45) is 0 Å². The number of fused-ring (bicyclic) bond motifs is 1. The number of phenolic OH excluding ortho intramolecular Hbond substituents is 3. The molecule has 3 N–H and O–H groups in total. The lowest BCUT2D eigenvalue weighted by molar-refractivity contribution is 0.104. The minimum Gasteiger partial charge on any atom is -0.508 e. The van der Waals surface area contributed by atoms with Crippen LogP contribution in [-0.4, -0.2) is 21.1 Å². The zero-order valence-corrected chi connectivity index (χ0v) is 11.5. The summed E-state index contributed by atoms with van der Waals surface area (Å²) in [5, 5.41) is 28.5. The molecule has 0 fully saturated rings. The summed E-state index contributed by atoms with van der Waals surface area (Å²) in [5.74, 6) is -2.91. The highest BCUT2D eigenvalue weighted by Crippen LogP contribution is 2.32. The Labute approximate surface area is 128 Å². The average molecular weight is 314 g/mol. The summed E-state index contributed by atoms with van der Waals surface area (Å²) in [5.41, 5.74) is 0.746. The maximum absolute atomic E-state index is 12.1. The Balaban J connectivity index is 1.92. The lowest BCUT2D eigenvalue weighted by atomic mass is 10.1. The molecule has 3 aromatic rings. The molecule has 1 heterocycles. The topological polar surface area (TPSA) is 121 Å². The summed E-state index contributed by atoms with van der Waals surface area (Å²) in [6.45, 7) is 0. The molecule has 0 saturated carbocycles. The molecule has 7 heteroatoms. The number of hydrogen-bond donors (Lipinski definition) is 3. The van der Waals surface area contributed by atoms with E-state index in [-0.39, 0.29) is 22.5 Å². The van der Waals surface area contributed by atoms with E-state index < -0.39 is 23.1 Å². The molecule has 2 aromatic carbocycles. The van der Waals surface area contributed by atoms with E-state index in [4.69, 9.17) is 8.83 Å². The lowest BCUT2D eigenvalue weighted by Crippen LogP contribution is -1.95. The third-order valence-electron chi connectivity index (χ3n) is 3.11. The van der Waals surface area contributed by atoms with Crippen molar-refractivity contribution < 1.29 is 28.9 Å². The van der Waals surface area contributed by atoms with Crippen LogP contribution in [0.15, 0.2) is 50.0 Å². The van der Waals surface area contributed by atoms with Crippen molar-refractivity contribution in [3.63, 3.8) is 0 Å². The van der Waals surface area contributed by atoms with Gasteiger partial charge in [-0.05, 0) is 23.8 Å². The smallest absolute Gasteiger partial charge is 0.508 e. The SMILES string of the molecule is O=C(/C=C/c1ccc2oc(=O)oc2c1)c1c(O)cc(O)cc1O. The molecule has 0 aliphatic rings. The first-order valence-electron chi connectivity index (χ1n) is 6.45. The van der Waals surface area contributed by atoms with Gasteiger partial charge in [-0.25, -0.2) is 4.79 Å². The Morgan fingerprint density at radius 1 is 0.957 bits per heavy atom. The molecule has 0 spiro atoms. The van der Waals surface area contributed by atoms with E-state index in [1.807, 2.05) is 0 Å². The van der Waals surface area contributed by atoms with E-state index in [0.29, 0.717) is 5.56 Å². The lowest BCUT2D eigenvalue weighted by Gasteiger charge is -2.04. The second-order valence-electron chi connectivity index (χ2n) is 4.72. The van der Waals surface area contributed by atoms with Crippen LogP contribution < -0.4 is 5.82 Å². The minimum absolute atomic E-state index is 0.236. The van der Waals surface area contributed by atoms with Gasteiger partial charge in [0.2, 0.25) is 0 Å². The van der Waals surface area contributed by atoms with Crippen LogP contribution in [-0.2, 0) is 0 Å². The molecule has 0 atom stereocenters. The predicted molar refractivity (Wildman–Crippen MR) is 79.6 cm³/mol. The maximum atomic E-state index is 12.1. The highest BCUT2D eigenvalue weighted by atomic mass is 16.6. The zero-order chi connectivity index (χ0) is 16.6. The zero-order valence-electron chi connectivity index (χ0n) is 11.5. The first-order chi connectivity index (χ1) is 10.9. The van der Waals surface area contributed by atoms with E-state index in [2.05, 4.69) is 0 Å². The summed E-state index contributed by atoms with van der Waals surface area (Å²) in [7, 11) is 0. The number of phenols is 3. The van der Waals surface area contributed by atoms with Gasteiger partial charge >= 0.3 is 5.82 Å². The maximum Gasteiger partial charge on any atom is 0.519 e. The first kappa shape index (κ1) is 14.5. The molecule has 3 rings (SSSR count). The van der Waals surface area contributed by atoms with Gasteiger partial charge in [0.25, 0.3) is 0 Å². The molecule has 0 unspecified atom stereocenters. The number of hydrogen-bond acceptors (Lipinski definition) is 7. The Hall–Kier alpha value is -3.48. The van der Waals surface area contributed by atoms with Crippen LogP contribution in [0, 0.1) is 0 Å². The van der Waals surface area contributed by atoms with E-state index in [0.717, 1.165) is 18.2 Å². The number of benzene rings is 2. The normalized spacial score (nSPS) is 11.3. The van der Waals surface area contributed by atoms with Crippen molar-refractivity contribution in [3.8, 4) is 17.2 Å². The Morgan fingerprint density at radius 3 is 2.30 bits per heavy atom. The fraction of sp³-hybridized carbons (Fsp3) is 0. The molecule has 1 aromatic heterocycles. The average Bonchev–Trinajstić information content (AvgIpc) is 2.83. The summed E-state index contributed by atoms with van der Waals surface area (Å²) in [6.07, 6.45) is 2.55. The van der Waals surface area contributed by atoms with Crippen LogP contribution in [0.2, 0.25) is 0 Å². The summed E-state index contributed by atoms with van der Waals surface area (Å²) < 4.78 is 9.56. The monoisotopic (exact) mass is 314 g/mol. The summed E-state index contributed by atoms with van der Waals surface area (Å²) in [6, 6.07) is 6.52. The third-order valence-corrected chi connectivity index (χ3v) is 3.11. The van der Waals surface area contributed by atoms with Crippen LogP contribution in [0.4, 0.5) is 0 Å². The molecule has 0 aliphatic carbocycles. The molecular formula is C16H10O7. The van der Waals surface area contributed by atoms with Crippen LogP contribution in [0.3, 0.4) is 0 Å². The van der Waals surface area contributed by atoms with Gasteiger partial charge < -0.3 is 24.2 Å². The van der Waals surface area contributed by atoms with Gasteiger partial charge in [-0.1, -0.05) is 12.1 Å².